The predicted octanol–water partition coefficient (Wildman–Crippen LogP) is 5.70. The van der Waals surface area contributed by atoms with Crippen molar-refractivity contribution in [1.29, 1.82) is 0 Å². The van der Waals surface area contributed by atoms with Gasteiger partial charge in [0.2, 0.25) is 11.6 Å². The summed E-state index contributed by atoms with van der Waals surface area (Å²) in [5, 5.41) is 0. The summed E-state index contributed by atoms with van der Waals surface area (Å²) in [7, 11) is 1.64. The molecule has 0 aromatic heterocycles. The van der Waals surface area contributed by atoms with Crippen LogP contribution in [-0.2, 0) is 38.1 Å². The third kappa shape index (κ3) is 12.2. The van der Waals surface area contributed by atoms with E-state index in [-0.39, 0.29) is 54.4 Å². The number of amides is 2. The first-order valence-corrected chi connectivity index (χ1v) is 22.2. The van der Waals surface area contributed by atoms with Crippen molar-refractivity contribution < 1.29 is 42.9 Å². The van der Waals surface area contributed by atoms with E-state index in [2.05, 4.69) is 26.2 Å². The Kier molecular flexibility index (Phi) is 16.7. The fourth-order valence-electron chi connectivity index (χ4n) is 6.73. The van der Waals surface area contributed by atoms with E-state index >= 15 is 0 Å². The minimum Gasteiger partial charge on any atom is -0.439 e. The smallest absolute Gasteiger partial charge is 0.405 e. The van der Waals surface area contributed by atoms with E-state index < -0.39 is 44.5 Å². The Bertz CT molecular complexity index is 1500. The van der Waals surface area contributed by atoms with Crippen LogP contribution >= 0.6 is 0 Å². The number of Topliss-reactive ketones (excluding diaryl/α,β-unsaturated/α-hetero) is 1. The van der Waals surface area contributed by atoms with Crippen LogP contribution in [0.1, 0.15) is 47.0 Å². The molecule has 0 aromatic carbocycles. The number of ether oxygens (including phenoxy) is 5. The molecule has 3 aliphatic rings. The quantitative estimate of drug-likeness (QED) is 0.114. The van der Waals surface area contributed by atoms with E-state index in [1.807, 2.05) is 31.7 Å². The van der Waals surface area contributed by atoms with Crippen molar-refractivity contribution in [2.45, 2.75) is 97.1 Å². The van der Waals surface area contributed by atoms with Crippen LogP contribution in [0, 0.1) is 11.8 Å². The van der Waals surface area contributed by atoms with Crippen LogP contribution < -0.4 is 5.73 Å². The Hall–Kier alpha value is -3.62. The molecule has 0 spiro atoms. The first-order chi connectivity index (χ1) is 25.0. The maximum Gasteiger partial charge on any atom is 0.405 e. The lowest BCUT2D eigenvalue weighted by molar-refractivity contribution is -0.133. The van der Waals surface area contributed by atoms with E-state index in [1.54, 1.807) is 38.3 Å². The standard InChI is InChI=1S/C40H61N3O9Si/c1-11-18-51-37-28(4)23-29(5)38(52-40(41)47)33(48-6)15-12-14-27(3)39(46)43(25-50-19-20-53(8,9)10)31-24-32(44)35(42-16-13-17-42)30(36(31)45)21-26(2)22-34(37)49-7/h11-12,14-15,23-24,26,28,33-34,37-38H,1,13,16-22,25H2,2-10H3,(H2,41,47)/b15-12-,27-14+,29-23+/t26-,28+,33+,34+,37-,38+/m1/s1. The molecule has 1 fully saturated rings. The normalized spacial score (nSPS) is 29.5. The number of carbonyl (C=O) groups excluding carboxylic acids is 4. The fourth-order valence-corrected chi connectivity index (χ4v) is 7.49. The molecule has 53 heavy (non-hydrogen) atoms. The average Bonchev–Trinajstić information content (AvgIpc) is 3.06. The van der Waals surface area contributed by atoms with Gasteiger partial charge in [-0.25, -0.2) is 4.79 Å². The van der Waals surface area contributed by atoms with Gasteiger partial charge < -0.3 is 34.3 Å². The molecule has 0 radical (unpaired) electrons. The topological polar surface area (TPSA) is 147 Å². The number of hydrogen-bond donors (Lipinski definition) is 1. The lowest BCUT2D eigenvalue weighted by atomic mass is 9.84. The van der Waals surface area contributed by atoms with Gasteiger partial charge >= 0.3 is 6.09 Å². The summed E-state index contributed by atoms with van der Waals surface area (Å²) < 4.78 is 29.7. The number of nitrogens with zero attached hydrogens (tertiary/aromatic N) is 2. The summed E-state index contributed by atoms with van der Waals surface area (Å²) in [4.78, 5) is 58.0. The molecule has 3 rings (SSSR count). The van der Waals surface area contributed by atoms with Gasteiger partial charge in [-0.3, -0.25) is 19.3 Å². The van der Waals surface area contributed by atoms with Crippen molar-refractivity contribution in [3.05, 3.63) is 71.1 Å². The van der Waals surface area contributed by atoms with E-state index in [4.69, 9.17) is 29.4 Å². The number of fused-ring (bicyclic) bond motifs is 2. The van der Waals surface area contributed by atoms with Gasteiger partial charge in [0.05, 0.1) is 30.2 Å². The van der Waals surface area contributed by atoms with E-state index in [1.165, 1.54) is 18.1 Å². The highest BCUT2D eigenvalue weighted by atomic mass is 28.3. The number of primary amides is 1. The molecule has 1 aliphatic carbocycles. The van der Waals surface area contributed by atoms with Gasteiger partial charge in [-0.05, 0) is 50.6 Å². The Morgan fingerprint density at radius 3 is 2.36 bits per heavy atom. The zero-order chi connectivity index (χ0) is 39.5. The molecule has 12 nitrogen and oxygen atoms in total. The second kappa shape index (κ2) is 20.2. The molecule has 1 saturated heterocycles. The van der Waals surface area contributed by atoms with Crippen molar-refractivity contribution >= 4 is 31.6 Å². The molecular formula is C40H61N3O9Si. The van der Waals surface area contributed by atoms with Crippen molar-refractivity contribution in [2.24, 2.45) is 17.6 Å². The monoisotopic (exact) mass is 755 g/mol. The van der Waals surface area contributed by atoms with Crippen LogP contribution in [0.4, 0.5) is 4.79 Å². The molecule has 2 bridgehead atoms. The van der Waals surface area contributed by atoms with Crippen molar-refractivity contribution in [1.82, 2.24) is 9.80 Å². The summed E-state index contributed by atoms with van der Waals surface area (Å²) >= 11 is 0. The predicted molar refractivity (Wildman–Crippen MR) is 207 cm³/mol. The molecule has 0 unspecified atom stereocenters. The minimum absolute atomic E-state index is 0.0113. The molecule has 2 N–H and O–H groups in total. The Morgan fingerprint density at radius 1 is 1.09 bits per heavy atom. The molecule has 6 atom stereocenters. The molecule has 13 heteroatoms. The van der Waals surface area contributed by atoms with Crippen LogP contribution in [0.3, 0.4) is 0 Å². The highest BCUT2D eigenvalue weighted by Crippen LogP contribution is 2.34. The van der Waals surface area contributed by atoms with Gasteiger partial charge in [-0.15, -0.1) is 6.58 Å². The fraction of sp³-hybridized carbons (Fsp3) is 0.600. The van der Waals surface area contributed by atoms with Crippen LogP contribution in [0.15, 0.2) is 71.1 Å². The number of allylic oxidation sites excluding steroid dienone is 4. The van der Waals surface area contributed by atoms with E-state index in [9.17, 15) is 19.2 Å². The third-order valence-electron chi connectivity index (χ3n) is 9.77. The lowest BCUT2D eigenvalue weighted by Crippen LogP contribution is -2.45. The summed E-state index contributed by atoms with van der Waals surface area (Å²) in [6, 6.07) is 0.859. The number of methoxy groups -OCH3 is 2. The largest absolute Gasteiger partial charge is 0.439 e. The lowest BCUT2D eigenvalue weighted by Gasteiger charge is -2.38. The number of ketones is 2. The van der Waals surface area contributed by atoms with Crippen molar-refractivity contribution in [3.8, 4) is 0 Å². The van der Waals surface area contributed by atoms with Crippen LogP contribution in [0.5, 0.6) is 0 Å². The zero-order valence-corrected chi connectivity index (χ0v) is 34.1. The van der Waals surface area contributed by atoms with Crippen LogP contribution in [-0.4, -0.2) is 113 Å². The highest BCUT2D eigenvalue weighted by molar-refractivity contribution is 6.76. The number of hydrogen-bond acceptors (Lipinski definition) is 10. The Labute approximate surface area is 316 Å². The molecular weight excluding hydrogens is 695 g/mol. The maximum absolute atomic E-state index is 14.6. The molecule has 2 heterocycles. The van der Waals surface area contributed by atoms with Crippen molar-refractivity contribution in [2.75, 3.05) is 47.3 Å². The number of carbonyl (C=O) groups is 4. The highest BCUT2D eigenvalue weighted by Gasteiger charge is 2.39. The molecule has 2 amide bonds. The second-order valence-corrected chi connectivity index (χ2v) is 21.1. The summed E-state index contributed by atoms with van der Waals surface area (Å²) in [6.07, 6.45) is 7.95. The van der Waals surface area contributed by atoms with Gasteiger partial charge in [0.15, 0.2) is 6.10 Å². The first-order valence-electron chi connectivity index (χ1n) is 18.5. The SMILES string of the molecule is C=CCO[C@H]1[C@@H](OC)C[C@H](C)CC2=C(N3CCC3)C(=O)C=C(C2=O)N(COCC[Si](C)(C)C)C(=O)/C(C)=C/C=C\[C@H](OC)[C@@H](OC(N)=O)/C(C)=C/[C@@H]1C. The summed E-state index contributed by atoms with van der Waals surface area (Å²) in [5.74, 6) is -1.54. The molecule has 0 saturated carbocycles. The van der Waals surface area contributed by atoms with Gasteiger partial charge in [0.1, 0.15) is 12.8 Å². The molecule has 0 aromatic rings. The third-order valence-corrected chi connectivity index (χ3v) is 11.5. The van der Waals surface area contributed by atoms with Gasteiger partial charge in [-0.1, -0.05) is 63.9 Å². The minimum atomic E-state index is -1.46. The second-order valence-electron chi connectivity index (χ2n) is 15.4. The average molecular weight is 756 g/mol. The zero-order valence-electron chi connectivity index (χ0n) is 33.1. The first kappa shape index (κ1) is 43.8. The van der Waals surface area contributed by atoms with Gasteiger partial charge in [0, 0.05) is 65.1 Å². The number of rotatable bonds is 12. The van der Waals surface area contributed by atoms with Gasteiger partial charge in [-0.2, -0.15) is 0 Å². The summed E-state index contributed by atoms with van der Waals surface area (Å²) in [6.45, 7) is 19.8. The van der Waals surface area contributed by atoms with E-state index in [0.717, 1.165) is 12.5 Å². The number of nitrogens with two attached hydrogens (primary N) is 1. The van der Waals surface area contributed by atoms with E-state index in [0.29, 0.717) is 43.0 Å². The summed E-state index contributed by atoms with van der Waals surface area (Å²) in [5.41, 5.74) is 7.24. The molecule has 2 aliphatic heterocycles. The number of likely N-dealkylation sites (tertiary alicyclic amines) is 1. The van der Waals surface area contributed by atoms with Crippen molar-refractivity contribution in [3.63, 3.8) is 0 Å². The van der Waals surface area contributed by atoms with Gasteiger partial charge in [0.25, 0.3) is 5.91 Å². The Morgan fingerprint density at radius 2 is 1.79 bits per heavy atom. The Balaban J connectivity index is 2.20. The van der Waals surface area contributed by atoms with Crippen LogP contribution in [0.2, 0.25) is 25.7 Å². The maximum atomic E-state index is 14.6. The molecule has 294 valence electrons. The van der Waals surface area contributed by atoms with Crippen LogP contribution in [0.25, 0.3) is 0 Å².